The fourth-order valence-corrected chi connectivity index (χ4v) is 1.74. The summed E-state index contributed by atoms with van der Waals surface area (Å²) in [5, 5.41) is 4.28. The van der Waals surface area contributed by atoms with E-state index in [2.05, 4.69) is 11.6 Å². The van der Waals surface area contributed by atoms with E-state index in [0.29, 0.717) is 0 Å². The average Bonchev–Trinajstić information content (AvgIpc) is 2.25. The Morgan fingerprint density at radius 1 is 1.00 bits per heavy atom. The van der Waals surface area contributed by atoms with E-state index >= 15 is 0 Å². The molecule has 1 aliphatic rings. The molecule has 0 amide bonds. The van der Waals surface area contributed by atoms with Gasteiger partial charge >= 0.3 is 0 Å². The molecule has 0 saturated carbocycles. The third kappa shape index (κ3) is 8.41. The number of hydrogen-bond acceptors (Lipinski definition) is 2. The maximum absolute atomic E-state index is 3.34. The summed E-state index contributed by atoms with van der Waals surface area (Å²) in [5.41, 5.74) is 0. The van der Waals surface area contributed by atoms with Crippen molar-refractivity contribution in [1.29, 1.82) is 0 Å². The Kier molecular flexibility index (Phi) is 17.1. The van der Waals surface area contributed by atoms with Crippen LogP contribution in [0.4, 0.5) is 0 Å². The first kappa shape index (κ1) is 14.8. The molecule has 0 aliphatic carbocycles. The van der Waals surface area contributed by atoms with E-state index in [-0.39, 0.29) is 0 Å². The fourth-order valence-electron chi connectivity index (χ4n) is 1.03. The highest BCUT2D eigenvalue weighted by Crippen LogP contribution is 2.15. The third-order valence-corrected chi connectivity index (χ3v) is 2.76. The molecule has 2 heteroatoms. The largest absolute Gasteiger partial charge is 0.317 e. The van der Waals surface area contributed by atoms with Crippen LogP contribution in [0.15, 0.2) is 0 Å². The van der Waals surface area contributed by atoms with Gasteiger partial charge < -0.3 is 5.32 Å². The lowest BCUT2D eigenvalue weighted by Gasteiger charge is -2.19. The Balaban J connectivity index is 0. The molecular formula is C10H25NS. The molecule has 1 rings (SSSR count). The SMILES string of the molecule is CC.CC.CSC1CCNCC1. The second kappa shape index (κ2) is 13.9. The van der Waals surface area contributed by atoms with Crippen molar-refractivity contribution in [3.63, 3.8) is 0 Å². The zero-order valence-electron chi connectivity index (χ0n) is 9.31. The zero-order valence-corrected chi connectivity index (χ0v) is 10.1. The molecule has 1 N–H and O–H groups in total. The quantitative estimate of drug-likeness (QED) is 0.683. The average molecular weight is 191 g/mol. The fraction of sp³-hybridized carbons (Fsp3) is 1.00. The molecular weight excluding hydrogens is 166 g/mol. The summed E-state index contributed by atoms with van der Waals surface area (Å²) in [6, 6.07) is 0. The van der Waals surface area contributed by atoms with Crippen LogP contribution < -0.4 is 5.32 Å². The van der Waals surface area contributed by atoms with E-state index in [9.17, 15) is 0 Å². The summed E-state index contributed by atoms with van der Waals surface area (Å²) in [4.78, 5) is 0. The molecule has 1 fully saturated rings. The van der Waals surface area contributed by atoms with Gasteiger partial charge in [0, 0.05) is 5.25 Å². The van der Waals surface area contributed by atoms with Crippen molar-refractivity contribution in [1.82, 2.24) is 5.32 Å². The highest BCUT2D eigenvalue weighted by atomic mass is 32.2. The lowest BCUT2D eigenvalue weighted by molar-refractivity contribution is 0.532. The van der Waals surface area contributed by atoms with Gasteiger partial charge in [0.2, 0.25) is 0 Å². The minimum absolute atomic E-state index is 0.941. The number of rotatable bonds is 1. The normalized spacial score (nSPS) is 16.8. The molecule has 1 saturated heterocycles. The Morgan fingerprint density at radius 2 is 1.42 bits per heavy atom. The molecule has 1 aliphatic heterocycles. The molecule has 0 spiro atoms. The summed E-state index contributed by atoms with van der Waals surface area (Å²) in [7, 11) is 0. The van der Waals surface area contributed by atoms with Gasteiger partial charge in [-0.25, -0.2) is 0 Å². The number of thioether (sulfide) groups is 1. The molecule has 0 aromatic rings. The van der Waals surface area contributed by atoms with Gasteiger partial charge in [-0.3, -0.25) is 0 Å². The van der Waals surface area contributed by atoms with E-state index in [4.69, 9.17) is 0 Å². The van der Waals surface area contributed by atoms with Crippen molar-refractivity contribution in [3.05, 3.63) is 0 Å². The smallest absolute Gasteiger partial charge is 0.00684 e. The van der Waals surface area contributed by atoms with Gasteiger partial charge in [0.25, 0.3) is 0 Å². The van der Waals surface area contributed by atoms with Crippen LogP contribution in [0.2, 0.25) is 0 Å². The lowest BCUT2D eigenvalue weighted by atomic mass is 10.2. The van der Waals surface area contributed by atoms with Crippen LogP contribution in [0.5, 0.6) is 0 Å². The van der Waals surface area contributed by atoms with Crippen LogP contribution in [0.3, 0.4) is 0 Å². The van der Waals surface area contributed by atoms with E-state index in [1.165, 1.54) is 25.9 Å². The van der Waals surface area contributed by atoms with Crippen LogP contribution in [0, 0.1) is 0 Å². The van der Waals surface area contributed by atoms with Crippen LogP contribution in [-0.2, 0) is 0 Å². The van der Waals surface area contributed by atoms with Crippen molar-refractivity contribution in [3.8, 4) is 0 Å². The molecule has 0 bridgehead atoms. The number of piperidine rings is 1. The Hall–Kier alpha value is 0.310. The van der Waals surface area contributed by atoms with Crippen molar-refractivity contribution in [2.45, 2.75) is 45.8 Å². The standard InChI is InChI=1S/C6H13NS.2C2H6/c1-8-6-2-4-7-5-3-6;2*1-2/h6-7H,2-5H2,1H3;2*1-2H3. The van der Waals surface area contributed by atoms with Crippen molar-refractivity contribution >= 4 is 11.8 Å². The molecule has 0 unspecified atom stereocenters. The molecule has 0 aromatic heterocycles. The van der Waals surface area contributed by atoms with Gasteiger partial charge in [0.05, 0.1) is 0 Å². The van der Waals surface area contributed by atoms with E-state index in [0.717, 1.165) is 5.25 Å². The Labute approximate surface area is 82.7 Å². The van der Waals surface area contributed by atoms with Gasteiger partial charge in [-0.05, 0) is 32.2 Å². The summed E-state index contributed by atoms with van der Waals surface area (Å²) in [6.45, 7) is 10.5. The third-order valence-electron chi connectivity index (χ3n) is 1.62. The first-order chi connectivity index (χ1) is 5.93. The molecule has 0 atom stereocenters. The molecule has 76 valence electrons. The summed E-state index contributed by atoms with van der Waals surface area (Å²) >= 11 is 2.01. The maximum atomic E-state index is 3.34. The monoisotopic (exact) mass is 191 g/mol. The van der Waals surface area contributed by atoms with Gasteiger partial charge in [-0.15, -0.1) is 0 Å². The maximum Gasteiger partial charge on any atom is 0.00684 e. The summed E-state index contributed by atoms with van der Waals surface area (Å²) < 4.78 is 0. The Morgan fingerprint density at radius 3 is 1.67 bits per heavy atom. The van der Waals surface area contributed by atoms with Gasteiger partial charge in [-0.2, -0.15) is 11.8 Å². The summed E-state index contributed by atoms with van der Waals surface area (Å²) in [6.07, 6.45) is 4.93. The van der Waals surface area contributed by atoms with E-state index < -0.39 is 0 Å². The second-order valence-electron chi connectivity index (χ2n) is 2.19. The molecule has 0 radical (unpaired) electrons. The van der Waals surface area contributed by atoms with Crippen molar-refractivity contribution in [2.75, 3.05) is 19.3 Å². The van der Waals surface area contributed by atoms with Gasteiger partial charge in [0.15, 0.2) is 0 Å². The highest BCUT2D eigenvalue weighted by molar-refractivity contribution is 7.99. The van der Waals surface area contributed by atoms with E-state index in [1.54, 1.807) is 0 Å². The summed E-state index contributed by atoms with van der Waals surface area (Å²) in [5.74, 6) is 0. The van der Waals surface area contributed by atoms with Gasteiger partial charge in [0.1, 0.15) is 0 Å². The van der Waals surface area contributed by atoms with Crippen LogP contribution in [0.25, 0.3) is 0 Å². The van der Waals surface area contributed by atoms with Gasteiger partial charge in [-0.1, -0.05) is 27.7 Å². The molecule has 1 nitrogen and oxygen atoms in total. The predicted molar refractivity (Wildman–Crippen MR) is 62.1 cm³/mol. The molecule has 0 aromatic carbocycles. The first-order valence-corrected chi connectivity index (χ1v) is 6.46. The topological polar surface area (TPSA) is 12.0 Å². The van der Waals surface area contributed by atoms with Crippen LogP contribution >= 0.6 is 11.8 Å². The lowest BCUT2D eigenvalue weighted by Crippen LogP contribution is -2.28. The highest BCUT2D eigenvalue weighted by Gasteiger charge is 2.09. The van der Waals surface area contributed by atoms with Crippen LogP contribution in [0.1, 0.15) is 40.5 Å². The van der Waals surface area contributed by atoms with E-state index in [1.807, 2.05) is 39.5 Å². The molecule has 12 heavy (non-hydrogen) atoms. The molecule has 1 heterocycles. The Bertz CT molecular complexity index is 60.9. The van der Waals surface area contributed by atoms with Crippen molar-refractivity contribution < 1.29 is 0 Å². The van der Waals surface area contributed by atoms with Crippen LogP contribution in [-0.4, -0.2) is 24.6 Å². The first-order valence-electron chi connectivity index (χ1n) is 5.17. The van der Waals surface area contributed by atoms with Crippen molar-refractivity contribution in [2.24, 2.45) is 0 Å². The number of nitrogens with one attached hydrogen (secondary N) is 1. The second-order valence-corrected chi connectivity index (χ2v) is 3.32. The number of hydrogen-bond donors (Lipinski definition) is 1. The minimum Gasteiger partial charge on any atom is -0.317 e. The zero-order chi connectivity index (χ0) is 9.82. The minimum atomic E-state index is 0.941. The predicted octanol–water partition coefficient (Wildman–Crippen LogP) is 3.15.